The lowest BCUT2D eigenvalue weighted by Gasteiger charge is -2.05. The Morgan fingerprint density at radius 3 is 1.85 bits per heavy atom. The molecule has 0 aliphatic carbocycles. The molecule has 0 spiro atoms. The summed E-state index contributed by atoms with van der Waals surface area (Å²) in [7, 11) is 1.80. The number of thioether (sulfide) groups is 1. The monoisotopic (exact) mass is 451 g/mol. The van der Waals surface area contributed by atoms with Gasteiger partial charge in [-0.2, -0.15) is 18.4 Å². The van der Waals surface area contributed by atoms with Crippen LogP contribution < -0.4 is 0 Å². The fraction of sp³-hybridized carbons (Fsp3) is 0.944. The van der Waals surface area contributed by atoms with Gasteiger partial charge in [-0.1, -0.05) is 64.7 Å². The normalized spacial score (nSPS) is 11.6. The summed E-state index contributed by atoms with van der Waals surface area (Å²) in [6, 6.07) is 0. The summed E-state index contributed by atoms with van der Waals surface area (Å²) < 4.78 is 56.2. The third kappa shape index (κ3) is 33.8. The van der Waals surface area contributed by atoms with Crippen molar-refractivity contribution in [3.63, 3.8) is 0 Å². The van der Waals surface area contributed by atoms with Crippen LogP contribution in [0.5, 0.6) is 0 Å². The lowest BCUT2D eigenvalue weighted by atomic mass is 10.1. The maximum absolute atomic E-state index is 11.7. The topological polar surface area (TPSA) is 57.9 Å². The van der Waals surface area contributed by atoms with Gasteiger partial charge >= 0.3 is 6.18 Å². The number of unbranched alkanes of at least 4 members (excludes halogenated alkanes) is 10. The second-order valence-electron chi connectivity index (χ2n) is 6.44. The Balaban J connectivity index is 0. The molecule has 162 valence electrons. The highest BCUT2D eigenvalue weighted by Crippen LogP contribution is 2.23. The predicted octanol–water partition coefficient (Wildman–Crippen LogP) is 7.41. The number of halogens is 4. The molecule has 9 heteroatoms. The van der Waals surface area contributed by atoms with E-state index in [-0.39, 0.29) is 12.2 Å². The van der Waals surface area contributed by atoms with Gasteiger partial charge in [0.15, 0.2) is 0 Å². The quantitative estimate of drug-likeness (QED) is 0.148. The molecular weight excluding hydrogens is 419 g/mol. The largest absolute Gasteiger partial charge is 0.389 e. The summed E-state index contributed by atoms with van der Waals surface area (Å²) in [5, 5.41) is 10.2. The minimum absolute atomic E-state index is 0.126. The third-order valence-corrected chi connectivity index (χ3v) is 5.62. The van der Waals surface area contributed by atoms with Gasteiger partial charge in [-0.05, 0) is 31.0 Å². The Kier molecular flexibility index (Phi) is 20.7. The van der Waals surface area contributed by atoms with Crippen molar-refractivity contribution >= 4 is 31.5 Å². The van der Waals surface area contributed by atoms with Crippen LogP contribution >= 0.6 is 22.4 Å². The number of rotatable bonds is 15. The van der Waals surface area contributed by atoms with Crippen LogP contribution in [0.4, 0.5) is 13.2 Å². The molecule has 0 amide bonds. The summed E-state index contributed by atoms with van der Waals surface area (Å²) >= 11 is 1.24. The fourth-order valence-corrected chi connectivity index (χ4v) is 3.62. The molecule has 0 rings (SSSR count). The molecule has 0 bridgehead atoms. The Labute approximate surface area is 171 Å². The number of alkyl halides is 3. The van der Waals surface area contributed by atoms with Crippen molar-refractivity contribution in [1.29, 1.82) is 5.26 Å². The summed E-state index contributed by atoms with van der Waals surface area (Å²) in [6.07, 6.45) is 6.57. The summed E-state index contributed by atoms with van der Waals surface area (Å²) in [5.74, 6) is 0.958. The molecule has 0 N–H and O–H groups in total. The first-order valence-electron chi connectivity index (χ1n) is 9.62. The van der Waals surface area contributed by atoms with Crippen molar-refractivity contribution in [1.82, 2.24) is 0 Å². The van der Waals surface area contributed by atoms with Gasteiger partial charge in [-0.15, -0.1) is 0 Å². The highest BCUT2D eigenvalue weighted by Gasteiger charge is 2.25. The van der Waals surface area contributed by atoms with E-state index in [1.54, 1.807) is 0 Å². The zero-order chi connectivity index (χ0) is 21.0. The Morgan fingerprint density at radius 2 is 1.37 bits per heavy atom. The first kappa shape index (κ1) is 29.1. The van der Waals surface area contributed by atoms with Crippen LogP contribution in [0.15, 0.2) is 0 Å². The highest BCUT2D eigenvalue weighted by atomic mass is 35.7. The Hall–Kier alpha value is -0.130. The van der Waals surface area contributed by atoms with E-state index >= 15 is 0 Å². The standard InChI is InChI=1S/C10H16F3NS.C8H17ClO2S/c11-10(12,13)7-5-3-1-2-4-6-8-15-9-14;1-2-3-4-5-6-7-8-12(9,10)11/h1-8H2;2-8H2,1H3. The van der Waals surface area contributed by atoms with Gasteiger partial charge in [0.05, 0.1) is 5.75 Å². The van der Waals surface area contributed by atoms with Gasteiger partial charge < -0.3 is 0 Å². The zero-order valence-electron chi connectivity index (χ0n) is 16.2. The van der Waals surface area contributed by atoms with E-state index in [2.05, 4.69) is 6.92 Å². The van der Waals surface area contributed by atoms with Crippen LogP contribution in [-0.2, 0) is 9.05 Å². The van der Waals surface area contributed by atoms with Crippen LogP contribution in [0.2, 0.25) is 0 Å². The lowest BCUT2D eigenvalue weighted by molar-refractivity contribution is -0.135. The predicted molar refractivity (Wildman–Crippen MR) is 109 cm³/mol. The summed E-state index contributed by atoms with van der Waals surface area (Å²) in [4.78, 5) is 0. The van der Waals surface area contributed by atoms with Crippen LogP contribution in [0, 0.1) is 10.7 Å². The lowest BCUT2D eigenvalue weighted by Crippen LogP contribution is -2.06. The molecule has 0 heterocycles. The van der Waals surface area contributed by atoms with Crippen LogP contribution in [0.3, 0.4) is 0 Å². The molecule has 0 saturated heterocycles. The second kappa shape index (κ2) is 19.2. The van der Waals surface area contributed by atoms with Crippen molar-refractivity contribution < 1.29 is 21.6 Å². The molecule has 0 aromatic heterocycles. The average molecular weight is 452 g/mol. The van der Waals surface area contributed by atoms with E-state index in [1.165, 1.54) is 31.0 Å². The third-order valence-electron chi connectivity index (χ3n) is 3.76. The van der Waals surface area contributed by atoms with E-state index in [4.69, 9.17) is 15.9 Å². The summed E-state index contributed by atoms with van der Waals surface area (Å²) in [5.41, 5.74) is 0. The van der Waals surface area contributed by atoms with E-state index in [1.807, 2.05) is 5.40 Å². The van der Waals surface area contributed by atoms with Crippen molar-refractivity contribution in [3.05, 3.63) is 0 Å². The highest BCUT2D eigenvalue weighted by molar-refractivity contribution is 8.13. The van der Waals surface area contributed by atoms with Gasteiger partial charge in [0.25, 0.3) is 0 Å². The molecule has 0 unspecified atom stereocenters. The second-order valence-corrected chi connectivity index (χ2v) is 10.2. The average Bonchev–Trinajstić information content (AvgIpc) is 2.55. The molecule has 0 saturated carbocycles. The number of thiocyanates is 1. The first-order valence-corrected chi connectivity index (χ1v) is 13.1. The van der Waals surface area contributed by atoms with Gasteiger partial charge in [-0.25, -0.2) is 8.42 Å². The smallest absolute Gasteiger partial charge is 0.212 e. The van der Waals surface area contributed by atoms with Crippen molar-refractivity contribution in [2.45, 2.75) is 96.6 Å². The SMILES string of the molecule is CCCCCCCCS(=O)(=O)Cl.N#CSCCCCCCCCC(F)(F)F. The molecule has 27 heavy (non-hydrogen) atoms. The Bertz CT molecular complexity index is 466. The number of nitriles is 1. The van der Waals surface area contributed by atoms with Gasteiger partial charge in [0, 0.05) is 22.9 Å². The fourth-order valence-electron chi connectivity index (χ4n) is 2.31. The molecule has 0 radical (unpaired) electrons. The maximum Gasteiger partial charge on any atom is 0.389 e. The molecule has 0 aliphatic heterocycles. The minimum Gasteiger partial charge on any atom is -0.212 e. The van der Waals surface area contributed by atoms with Gasteiger partial charge in [-0.3, -0.25) is 0 Å². The van der Waals surface area contributed by atoms with Gasteiger partial charge in [0.1, 0.15) is 5.40 Å². The number of hydrogen-bond acceptors (Lipinski definition) is 4. The van der Waals surface area contributed by atoms with Crippen molar-refractivity contribution in [2.75, 3.05) is 11.5 Å². The molecule has 0 aliphatic rings. The first-order chi connectivity index (χ1) is 12.6. The number of hydrogen-bond donors (Lipinski definition) is 0. The minimum atomic E-state index is -4.00. The van der Waals surface area contributed by atoms with Crippen molar-refractivity contribution in [3.8, 4) is 5.40 Å². The van der Waals surface area contributed by atoms with Crippen LogP contribution in [-0.4, -0.2) is 26.1 Å². The molecule has 0 aromatic rings. The number of nitrogens with zero attached hydrogens (tertiary/aromatic N) is 1. The van der Waals surface area contributed by atoms with Crippen LogP contribution in [0.1, 0.15) is 90.4 Å². The van der Waals surface area contributed by atoms with Gasteiger partial charge in [0.2, 0.25) is 9.05 Å². The van der Waals surface area contributed by atoms with E-state index < -0.39 is 21.6 Å². The molecule has 0 atom stereocenters. The zero-order valence-corrected chi connectivity index (χ0v) is 18.6. The molecule has 0 fully saturated rings. The molecule has 0 aromatic carbocycles. The van der Waals surface area contributed by atoms with Crippen molar-refractivity contribution in [2.24, 2.45) is 0 Å². The molecular formula is C18H33ClF3NO2S2. The maximum atomic E-state index is 11.7. The van der Waals surface area contributed by atoms with E-state index in [9.17, 15) is 21.6 Å². The van der Waals surface area contributed by atoms with Crippen LogP contribution in [0.25, 0.3) is 0 Å². The summed E-state index contributed by atoms with van der Waals surface area (Å²) in [6.45, 7) is 2.16. The van der Waals surface area contributed by atoms with E-state index in [0.717, 1.165) is 44.3 Å². The molecule has 3 nitrogen and oxygen atoms in total. The van der Waals surface area contributed by atoms with E-state index in [0.29, 0.717) is 12.8 Å². The Morgan fingerprint density at radius 1 is 0.889 bits per heavy atom.